The average Bonchev–Trinajstić information content (AvgIpc) is 3.02. The fourth-order valence-electron chi connectivity index (χ4n) is 2.85. The molecule has 1 unspecified atom stereocenters. The molecule has 2 N–H and O–H groups in total. The highest BCUT2D eigenvalue weighted by Crippen LogP contribution is 2.35. The molecule has 0 aliphatic carbocycles. The van der Waals surface area contributed by atoms with E-state index in [1.165, 1.54) is 18.3 Å². The molecular formula is C18H23BrN4O3S2. The summed E-state index contributed by atoms with van der Waals surface area (Å²) >= 11 is 4.91. The third-order valence-corrected chi connectivity index (χ3v) is 7.52. The molecule has 0 spiro atoms. The summed E-state index contributed by atoms with van der Waals surface area (Å²) in [6.45, 7) is 8.16. The lowest BCUT2D eigenvalue weighted by atomic mass is 10.2. The van der Waals surface area contributed by atoms with E-state index in [1.54, 1.807) is 0 Å². The first-order chi connectivity index (χ1) is 13.4. The summed E-state index contributed by atoms with van der Waals surface area (Å²) in [5, 5.41) is 3.28. The van der Waals surface area contributed by atoms with Crippen LogP contribution in [0.1, 0.15) is 12.6 Å². The second kappa shape index (κ2) is 10.0. The van der Waals surface area contributed by atoms with Crippen LogP contribution in [0.3, 0.4) is 0 Å². The number of carbonyl (C=O) groups is 1. The van der Waals surface area contributed by atoms with E-state index in [0.29, 0.717) is 16.6 Å². The van der Waals surface area contributed by atoms with Gasteiger partial charge in [-0.25, -0.2) is 13.9 Å². The molecule has 3 rings (SSSR count). The van der Waals surface area contributed by atoms with Crippen LogP contribution in [0.25, 0.3) is 10.4 Å². The minimum absolute atomic E-state index is 0.151. The summed E-state index contributed by atoms with van der Waals surface area (Å²) in [4.78, 5) is 19.6. The van der Waals surface area contributed by atoms with E-state index < -0.39 is 11.0 Å². The molecule has 1 saturated heterocycles. The Morgan fingerprint density at radius 1 is 1.39 bits per heavy atom. The van der Waals surface area contributed by atoms with Gasteiger partial charge in [-0.1, -0.05) is 17.4 Å². The Morgan fingerprint density at radius 3 is 2.86 bits per heavy atom. The van der Waals surface area contributed by atoms with Crippen molar-refractivity contribution in [3.05, 3.63) is 28.4 Å². The molecule has 1 aromatic carbocycles. The van der Waals surface area contributed by atoms with Gasteiger partial charge in [-0.15, -0.1) is 0 Å². The fourth-order valence-corrected chi connectivity index (χ4v) is 5.46. The van der Waals surface area contributed by atoms with Gasteiger partial charge < -0.3 is 10.1 Å². The van der Waals surface area contributed by atoms with Gasteiger partial charge in [0.05, 0.1) is 28.7 Å². The highest BCUT2D eigenvalue weighted by Gasteiger charge is 2.16. The van der Waals surface area contributed by atoms with Crippen LogP contribution in [0.4, 0.5) is 5.13 Å². The Labute approximate surface area is 179 Å². The Morgan fingerprint density at radius 2 is 2.14 bits per heavy atom. The predicted molar refractivity (Wildman–Crippen MR) is 116 cm³/mol. The number of thiazole rings is 1. The van der Waals surface area contributed by atoms with Crippen molar-refractivity contribution >= 4 is 49.3 Å². The molecule has 1 atom stereocenters. The van der Waals surface area contributed by atoms with Crippen LogP contribution in [0.5, 0.6) is 0 Å². The number of nitrogens with one attached hydrogen (secondary N) is 2. The number of halogens is 1. The molecule has 1 fully saturated rings. The van der Waals surface area contributed by atoms with Gasteiger partial charge in [-0.2, -0.15) is 0 Å². The van der Waals surface area contributed by atoms with E-state index in [4.69, 9.17) is 4.74 Å². The van der Waals surface area contributed by atoms with E-state index in [-0.39, 0.29) is 5.91 Å². The van der Waals surface area contributed by atoms with Gasteiger partial charge in [0.2, 0.25) is 5.91 Å². The van der Waals surface area contributed by atoms with Crippen molar-refractivity contribution in [2.75, 3.05) is 44.7 Å². The summed E-state index contributed by atoms with van der Waals surface area (Å²) in [7, 11) is -1.33. The first kappa shape index (κ1) is 21.5. The zero-order valence-corrected chi connectivity index (χ0v) is 19.0. The molecule has 1 aromatic heterocycles. The number of hydrogen-bond acceptors (Lipinski definition) is 6. The topological polar surface area (TPSA) is 83.6 Å². The van der Waals surface area contributed by atoms with E-state index in [0.717, 1.165) is 53.5 Å². The number of benzene rings is 1. The number of aryl methyl sites for hydroxylation is 1. The maximum absolute atomic E-state index is 12.8. The second-order valence-corrected chi connectivity index (χ2v) is 9.50. The van der Waals surface area contributed by atoms with Crippen LogP contribution in [0.15, 0.2) is 27.6 Å². The van der Waals surface area contributed by atoms with Gasteiger partial charge in [0.15, 0.2) is 5.13 Å². The lowest BCUT2D eigenvalue weighted by Gasteiger charge is -2.26. The number of ether oxygens (including phenoxy) is 1. The van der Waals surface area contributed by atoms with Crippen molar-refractivity contribution in [3.8, 4) is 10.4 Å². The number of aromatic nitrogens is 1. The summed E-state index contributed by atoms with van der Waals surface area (Å²) in [5.74, 6) is -0.151. The maximum atomic E-state index is 12.8. The minimum Gasteiger partial charge on any atom is -0.379 e. The quantitative estimate of drug-likeness (QED) is 0.628. The first-order valence-electron chi connectivity index (χ1n) is 8.94. The molecule has 2 heterocycles. The molecule has 0 bridgehead atoms. The fraction of sp³-hybridized carbons (Fsp3) is 0.444. The number of rotatable bonds is 7. The van der Waals surface area contributed by atoms with Crippen LogP contribution < -0.4 is 10.0 Å². The van der Waals surface area contributed by atoms with Crippen molar-refractivity contribution in [1.82, 2.24) is 14.6 Å². The third-order valence-electron chi connectivity index (χ3n) is 4.24. The molecule has 1 aliphatic rings. The number of carbonyl (C=O) groups excluding carboxylic acids is 1. The molecule has 10 heteroatoms. The van der Waals surface area contributed by atoms with Gasteiger partial charge in [0.1, 0.15) is 11.0 Å². The second-order valence-electron chi connectivity index (χ2n) is 6.38. The minimum atomic E-state index is -1.33. The standard InChI is InChI=1S/C18H23BrN4O3S2/c1-12-17(27-18(21-12)22-13(2)24)14-3-4-15(19)16(11-14)28(25)20-5-6-23-7-9-26-10-8-23/h3-4,11,20H,5-10H2,1-2H3,(H,21,22,24). The Bertz CT molecular complexity index is 869. The lowest BCUT2D eigenvalue weighted by Crippen LogP contribution is -2.40. The Kier molecular flexibility index (Phi) is 7.72. The van der Waals surface area contributed by atoms with Gasteiger partial charge in [-0.05, 0) is 40.5 Å². The predicted octanol–water partition coefficient (Wildman–Crippen LogP) is 2.78. The van der Waals surface area contributed by atoms with Gasteiger partial charge >= 0.3 is 0 Å². The molecule has 28 heavy (non-hydrogen) atoms. The molecule has 152 valence electrons. The van der Waals surface area contributed by atoms with Gasteiger partial charge in [0.25, 0.3) is 0 Å². The number of nitrogens with zero attached hydrogens (tertiary/aromatic N) is 2. The highest BCUT2D eigenvalue weighted by molar-refractivity contribution is 9.10. The molecule has 1 amide bonds. The van der Waals surface area contributed by atoms with Crippen LogP contribution >= 0.6 is 27.3 Å². The lowest BCUT2D eigenvalue weighted by molar-refractivity contribution is -0.114. The average molecular weight is 487 g/mol. The third kappa shape index (κ3) is 5.68. The van der Waals surface area contributed by atoms with Crippen molar-refractivity contribution in [2.24, 2.45) is 0 Å². The smallest absolute Gasteiger partial charge is 0.223 e. The molecule has 2 aromatic rings. The molecule has 7 nitrogen and oxygen atoms in total. The van der Waals surface area contributed by atoms with E-state index in [2.05, 4.69) is 35.9 Å². The van der Waals surface area contributed by atoms with Crippen LogP contribution in [-0.4, -0.2) is 59.4 Å². The Balaban J connectivity index is 1.69. The zero-order chi connectivity index (χ0) is 20.1. The van der Waals surface area contributed by atoms with E-state index >= 15 is 0 Å². The molecule has 0 radical (unpaired) electrons. The normalized spacial score (nSPS) is 16.1. The van der Waals surface area contributed by atoms with Crippen molar-refractivity contribution in [2.45, 2.75) is 18.7 Å². The highest BCUT2D eigenvalue weighted by atomic mass is 79.9. The van der Waals surface area contributed by atoms with Crippen molar-refractivity contribution in [1.29, 1.82) is 0 Å². The Hall–Kier alpha value is -1.17. The number of anilines is 1. The van der Waals surface area contributed by atoms with Crippen LogP contribution in [-0.2, 0) is 20.5 Å². The number of hydrogen-bond donors (Lipinski definition) is 2. The number of morpholine rings is 1. The first-order valence-corrected chi connectivity index (χ1v) is 11.7. The van der Waals surface area contributed by atoms with E-state index in [1.807, 2.05) is 25.1 Å². The van der Waals surface area contributed by atoms with Crippen LogP contribution in [0, 0.1) is 6.92 Å². The molecule has 1 aliphatic heterocycles. The largest absolute Gasteiger partial charge is 0.379 e. The zero-order valence-electron chi connectivity index (χ0n) is 15.8. The molecular weight excluding hydrogens is 464 g/mol. The SMILES string of the molecule is CC(=O)Nc1nc(C)c(-c2ccc(Br)c(S(=O)NCCN3CCOCC3)c2)s1. The van der Waals surface area contributed by atoms with Crippen LogP contribution in [0.2, 0.25) is 0 Å². The summed E-state index contributed by atoms with van der Waals surface area (Å²) in [5.41, 5.74) is 1.75. The summed E-state index contributed by atoms with van der Waals surface area (Å²) < 4.78 is 22.0. The van der Waals surface area contributed by atoms with Crippen molar-refractivity contribution < 1.29 is 13.7 Å². The summed E-state index contributed by atoms with van der Waals surface area (Å²) in [6.07, 6.45) is 0. The number of amides is 1. The van der Waals surface area contributed by atoms with Gasteiger partial charge in [0, 0.05) is 37.6 Å². The summed E-state index contributed by atoms with van der Waals surface area (Å²) in [6, 6.07) is 5.75. The monoisotopic (exact) mass is 486 g/mol. The van der Waals surface area contributed by atoms with Crippen molar-refractivity contribution in [3.63, 3.8) is 0 Å². The van der Waals surface area contributed by atoms with E-state index in [9.17, 15) is 9.00 Å². The van der Waals surface area contributed by atoms with Gasteiger partial charge in [-0.3, -0.25) is 9.69 Å². The molecule has 0 saturated carbocycles. The maximum Gasteiger partial charge on any atom is 0.223 e.